The van der Waals surface area contributed by atoms with Crippen LogP contribution in [0.15, 0.2) is 52.9 Å². The lowest BCUT2D eigenvalue weighted by Crippen LogP contribution is -2.26. The number of benzene rings is 2. The molecule has 0 atom stereocenters. The Bertz CT molecular complexity index is 972. The number of hydrogen-bond donors (Lipinski definition) is 1. The number of rotatable bonds is 2. The van der Waals surface area contributed by atoms with Gasteiger partial charge in [0.25, 0.3) is 0 Å². The van der Waals surface area contributed by atoms with Crippen LogP contribution in [0.3, 0.4) is 0 Å². The summed E-state index contributed by atoms with van der Waals surface area (Å²) < 4.78 is 6.18. The van der Waals surface area contributed by atoms with Crippen molar-refractivity contribution in [2.45, 2.75) is 33.2 Å². The second-order valence-electron chi connectivity index (χ2n) is 7.63. The molecule has 0 saturated carbocycles. The summed E-state index contributed by atoms with van der Waals surface area (Å²) in [6.07, 6.45) is 0. The lowest BCUT2D eigenvalue weighted by molar-refractivity contribution is 0.104. The molecule has 0 saturated heterocycles. The van der Waals surface area contributed by atoms with E-state index >= 15 is 0 Å². The third kappa shape index (κ3) is 2.56. The molecule has 3 aromatic rings. The Morgan fingerprint density at radius 2 is 1.52 bits per heavy atom. The molecule has 1 aliphatic carbocycles. The van der Waals surface area contributed by atoms with Crippen LogP contribution in [0, 0.1) is 6.92 Å². The minimum atomic E-state index is -0.170. The maximum Gasteiger partial charge on any atom is 0.202 e. The van der Waals surface area contributed by atoms with E-state index in [4.69, 9.17) is 4.42 Å². The Morgan fingerprint density at radius 1 is 0.880 bits per heavy atom. The average Bonchev–Trinajstić information content (AvgIpc) is 3.05. The number of ketones is 1. The minimum Gasteiger partial charge on any atom is -0.439 e. The fourth-order valence-corrected chi connectivity index (χ4v) is 3.28. The molecular formula is C22H21NO2. The van der Waals surface area contributed by atoms with Gasteiger partial charge >= 0.3 is 0 Å². The van der Waals surface area contributed by atoms with Crippen molar-refractivity contribution in [2.24, 2.45) is 0 Å². The molecule has 2 aromatic carbocycles. The first-order valence-corrected chi connectivity index (χ1v) is 8.51. The normalized spacial score (nSPS) is 12.9. The van der Waals surface area contributed by atoms with Crippen molar-refractivity contribution in [3.05, 3.63) is 65.2 Å². The number of nitrogens with one attached hydrogen (secondary N) is 1. The predicted octanol–water partition coefficient (Wildman–Crippen LogP) is 5.68. The highest BCUT2D eigenvalue weighted by molar-refractivity contribution is 6.26. The van der Waals surface area contributed by atoms with Crippen molar-refractivity contribution in [2.75, 3.05) is 5.32 Å². The van der Waals surface area contributed by atoms with Crippen LogP contribution in [0.5, 0.6) is 0 Å². The number of fused-ring (bicyclic) bond motifs is 3. The molecule has 1 aliphatic rings. The van der Waals surface area contributed by atoms with Crippen LogP contribution in [0.1, 0.15) is 42.3 Å². The number of carbonyl (C=O) groups excluding carboxylic acids is 1. The fraction of sp³-hybridized carbons (Fsp3) is 0.227. The summed E-state index contributed by atoms with van der Waals surface area (Å²) in [6, 6.07) is 15.8. The summed E-state index contributed by atoms with van der Waals surface area (Å²) in [7, 11) is 0. The van der Waals surface area contributed by atoms with Gasteiger partial charge in [0.2, 0.25) is 5.88 Å². The van der Waals surface area contributed by atoms with E-state index in [1.807, 2.05) is 55.5 Å². The van der Waals surface area contributed by atoms with E-state index in [1.54, 1.807) is 0 Å². The summed E-state index contributed by atoms with van der Waals surface area (Å²) in [4.78, 5) is 13.0. The zero-order valence-corrected chi connectivity index (χ0v) is 14.9. The van der Waals surface area contributed by atoms with Gasteiger partial charge in [-0.1, -0.05) is 54.1 Å². The van der Waals surface area contributed by atoms with Crippen LogP contribution in [-0.4, -0.2) is 11.3 Å². The first kappa shape index (κ1) is 15.7. The Morgan fingerprint density at radius 3 is 2.16 bits per heavy atom. The van der Waals surface area contributed by atoms with Gasteiger partial charge in [-0.3, -0.25) is 4.79 Å². The molecule has 0 amide bonds. The number of hydrogen-bond acceptors (Lipinski definition) is 3. The van der Waals surface area contributed by atoms with Gasteiger partial charge in [0.05, 0.1) is 11.1 Å². The Labute approximate surface area is 147 Å². The SMILES string of the molecule is Cc1ccc(-c2oc(NC(C)(C)C)c3c2C(=O)c2ccccc2-3)cc1. The van der Waals surface area contributed by atoms with Gasteiger partial charge in [-0.15, -0.1) is 0 Å². The first-order chi connectivity index (χ1) is 11.8. The molecule has 3 heteroatoms. The van der Waals surface area contributed by atoms with E-state index < -0.39 is 0 Å². The second kappa shape index (κ2) is 5.35. The van der Waals surface area contributed by atoms with E-state index in [0.29, 0.717) is 17.2 Å². The maximum absolute atomic E-state index is 13.0. The number of furan rings is 1. The van der Waals surface area contributed by atoms with Gasteiger partial charge in [-0.25, -0.2) is 0 Å². The summed E-state index contributed by atoms with van der Waals surface area (Å²) in [5, 5.41) is 3.43. The molecule has 1 aromatic heterocycles. The highest BCUT2D eigenvalue weighted by Gasteiger charge is 2.36. The van der Waals surface area contributed by atoms with E-state index in [2.05, 4.69) is 26.1 Å². The smallest absolute Gasteiger partial charge is 0.202 e. The molecule has 4 rings (SSSR count). The van der Waals surface area contributed by atoms with Crippen molar-refractivity contribution in [3.63, 3.8) is 0 Å². The molecule has 0 aliphatic heterocycles. The molecule has 126 valence electrons. The molecule has 1 N–H and O–H groups in total. The molecule has 0 radical (unpaired) electrons. The average molecular weight is 331 g/mol. The molecule has 3 nitrogen and oxygen atoms in total. The van der Waals surface area contributed by atoms with E-state index in [-0.39, 0.29) is 11.3 Å². The topological polar surface area (TPSA) is 42.2 Å². The van der Waals surface area contributed by atoms with Crippen molar-refractivity contribution >= 4 is 11.7 Å². The lowest BCUT2D eigenvalue weighted by atomic mass is 10.0. The molecule has 0 spiro atoms. The van der Waals surface area contributed by atoms with Gasteiger partial charge in [0.15, 0.2) is 5.78 Å². The van der Waals surface area contributed by atoms with Gasteiger partial charge < -0.3 is 9.73 Å². The molecule has 25 heavy (non-hydrogen) atoms. The first-order valence-electron chi connectivity index (χ1n) is 8.51. The molecule has 0 unspecified atom stereocenters. The highest BCUT2D eigenvalue weighted by atomic mass is 16.4. The second-order valence-corrected chi connectivity index (χ2v) is 7.63. The van der Waals surface area contributed by atoms with Gasteiger partial charge in [-0.05, 0) is 33.3 Å². The number of carbonyl (C=O) groups is 1. The van der Waals surface area contributed by atoms with Crippen molar-refractivity contribution < 1.29 is 9.21 Å². The molecular weight excluding hydrogens is 310 g/mol. The largest absolute Gasteiger partial charge is 0.439 e. The van der Waals surface area contributed by atoms with E-state index in [9.17, 15) is 4.79 Å². The fourth-order valence-electron chi connectivity index (χ4n) is 3.28. The maximum atomic E-state index is 13.0. The summed E-state index contributed by atoms with van der Waals surface area (Å²) >= 11 is 0. The quantitative estimate of drug-likeness (QED) is 0.514. The van der Waals surface area contributed by atoms with Crippen LogP contribution in [0.2, 0.25) is 0 Å². The van der Waals surface area contributed by atoms with E-state index in [0.717, 1.165) is 22.3 Å². The van der Waals surface area contributed by atoms with Crippen LogP contribution in [-0.2, 0) is 0 Å². The highest BCUT2D eigenvalue weighted by Crippen LogP contribution is 2.48. The van der Waals surface area contributed by atoms with Crippen LogP contribution >= 0.6 is 0 Å². The Balaban J connectivity index is 1.97. The zero-order valence-electron chi connectivity index (χ0n) is 14.9. The third-order valence-corrected chi connectivity index (χ3v) is 4.38. The Hall–Kier alpha value is -2.81. The molecule has 0 bridgehead atoms. The zero-order chi connectivity index (χ0) is 17.8. The Kier molecular flexibility index (Phi) is 3.36. The summed E-state index contributed by atoms with van der Waals surface area (Å²) in [6.45, 7) is 8.28. The van der Waals surface area contributed by atoms with Gasteiger partial charge in [-0.2, -0.15) is 0 Å². The minimum absolute atomic E-state index is 0.0342. The van der Waals surface area contributed by atoms with E-state index in [1.165, 1.54) is 5.56 Å². The van der Waals surface area contributed by atoms with Crippen LogP contribution < -0.4 is 5.32 Å². The molecule has 0 fully saturated rings. The lowest BCUT2D eigenvalue weighted by Gasteiger charge is -2.20. The third-order valence-electron chi connectivity index (χ3n) is 4.38. The summed E-state index contributed by atoms with van der Waals surface area (Å²) in [5.74, 6) is 1.34. The molecule has 1 heterocycles. The number of aryl methyl sites for hydroxylation is 1. The van der Waals surface area contributed by atoms with Crippen LogP contribution in [0.25, 0.3) is 22.5 Å². The van der Waals surface area contributed by atoms with Crippen LogP contribution in [0.4, 0.5) is 5.88 Å². The van der Waals surface area contributed by atoms with Crippen molar-refractivity contribution in [3.8, 4) is 22.5 Å². The van der Waals surface area contributed by atoms with Gasteiger partial charge in [0, 0.05) is 16.7 Å². The number of anilines is 1. The monoisotopic (exact) mass is 331 g/mol. The van der Waals surface area contributed by atoms with Gasteiger partial charge in [0.1, 0.15) is 5.76 Å². The summed E-state index contributed by atoms with van der Waals surface area (Å²) in [5.41, 5.74) is 5.16. The van der Waals surface area contributed by atoms with Crippen molar-refractivity contribution in [1.29, 1.82) is 0 Å². The van der Waals surface area contributed by atoms with Crippen molar-refractivity contribution in [1.82, 2.24) is 0 Å². The predicted molar refractivity (Wildman–Crippen MR) is 101 cm³/mol. The standard InChI is InChI=1S/C22H21NO2/c1-13-9-11-14(12-10-13)20-18-17(21(25-20)23-22(2,3)4)15-7-5-6-8-16(15)19(18)24/h5-12,23H,1-4H3.